The molecule has 0 heterocycles. The van der Waals surface area contributed by atoms with Crippen LogP contribution < -0.4 is 10.5 Å². The van der Waals surface area contributed by atoms with E-state index in [0.717, 1.165) is 18.3 Å². The number of carboxylic acids is 1. The van der Waals surface area contributed by atoms with Gasteiger partial charge in [-0.05, 0) is 12.1 Å². The summed E-state index contributed by atoms with van der Waals surface area (Å²) in [4.78, 5) is 10.3. The molecule has 0 atom stereocenters. The number of anilines is 1. The number of rotatable bonds is 4. The molecule has 0 aromatic heterocycles. The fraction of sp³-hybridized carbons (Fsp3) is 0. The van der Waals surface area contributed by atoms with Crippen LogP contribution in [0, 0.1) is 11.6 Å². The maximum atomic E-state index is 13.1. The van der Waals surface area contributed by atoms with Crippen molar-refractivity contribution in [1.29, 1.82) is 0 Å². The summed E-state index contributed by atoms with van der Waals surface area (Å²) in [5.41, 5.74) is 2.09. The van der Waals surface area contributed by atoms with Crippen LogP contribution in [0.2, 0.25) is 0 Å². The third-order valence-corrected chi connectivity index (χ3v) is 2.42. The lowest BCUT2D eigenvalue weighted by Gasteiger charge is -2.02. The minimum atomic E-state index is -1.67. The quantitative estimate of drug-likeness (QED) is 0.523. The summed E-state index contributed by atoms with van der Waals surface area (Å²) < 4.78 is 25.7. The Morgan fingerprint density at radius 3 is 2.61 bits per heavy atom. The molecule has 8 heteroatoms. The topological polar surface area (TPSA) is 64.5 Å². The number of hydrogen-bond donors (Lipinski definition) is 1. The van der Waals surface area contributed by atoms with Crippen LogP contribution >= 0.6 is 23.2 Å². The van der Waals surface area contributed by atoms with Crippen LogP contribution in [0.4, 0.5) is 14.5 Å². The third kappa shape index (κ3) is 3.97. The molecule has 1 rings (SSSR count). The standard InChI is InChI=1S/C10H6Cl2F2N2O2/c11-6(9(12)10(17)18)4-15-16-8-2-1-5(13)3-7(8)14/h1-4,16H,(H,17,18)/p-1/b9-6+,15-4-. The van der Waals surface area contributed by atoms with Crippen LogP contribution in [0.25, 0.3) is 0 Å². The summed E-state index contributed by atoms with van der Waals surface area (Å²) in [5.74, 6) is -3.26. The van der Waals surface area contributed by atoms with Crippen LogP contribution in [0.5, 0.6) is 0 Å². The van der Waals surface area contributed by atoms with E-state index < -0.39 is 27.7 Å². The number of nitrogens with zero attached hydrogens (tertiary/aromatic N) is 1. The lowest BCUT2D eigenvalue weighted by molar-refractivity contribution is -0.298. The molecule has 0 saturated carbocycles. The van der Waals surface area contributed by atoms with Crippen molar-refractivity contribution in [3.8, 4) is 0 Å². The van der Waals surface area contributed by atoms with E-state index in [2.05, 4.69) is 10.5 Å². The molecule has 1 aromatic rings. The number of carbonyl (C=O) groups is 1. The Morgan fingerprint density at radius 1 is 1.39 bits per heavy atom. The largest absolute Gasteiger partial charge is 0.544 e. The van der Waals surface area contributed by atoms with Crippen molar-refractivity contribution in [1.82, 2.24) is 0 Å². The molecule has 0 amide bonds. The Hall–Kier alpha value is -1.66. The van der Waals surface area contributed by atoms with Gasteiger partial charge in [0.15, 0.2) is 5.82 Å². The zero-order chi connectivity index (χ0) is 13.7. The second-order valence-electron chi connectivity index (χ2n) is 2.94. The molecule has 0 aliphatic rings. The van der Waals surface area contributed by atoms with E-state index in [9.17, 15) is 18.7 Å². The molecular weight excluding hydrogens is 289 g/mol. The van der Waals surface area contributed by atoms with Crippen molar-refractivity contribution >= 4 is 41.1 Å². The number of allylic oxidation sites excluding steroid dienone is 1. The Labute approximate surface area is 111 Å². The number of carbonyl (C=O) groups excluding carboxylic acids is 1. The number of hydrazone groups is 1. The second-order valence-corrected chi connectivity index (χ2v) is 3.73. The van der Waals surface area contributed by atoms with Gasteiger partial charge >= 0.3 is 0 Å². The van der Waals surface area contributed by atoms with Crippen LogP contribution in [-0.2, 0) is 4.79 Å². The monoisotopic (exact) mass is 293 g/mol. The van der Waals surface area contributed by atoms with Crippen molar-refractivity contribution in [3.05, 3.63) is 39.9 Å². The predicted octanol–water partition coefficient (Wildman–Crippen LogP) is 1.80. The predicted molar refractivity (Wildman–Crippen MR) is 62.2 cm³/mol. The first-order valence-electron chi connectivity index (χ1n) is 4.42. The number of hydrogen-bond acceptors (Lipinski definition) is 4. The molecular formula is C10H5Cl2F2N2O2-. The fourth-order valence-corrected chi connectivity index (χ4v) is 1.07. The van der Waals surface area contributed by atoms with E-state index in [0.29, 0.717) is 6.07 Å². The van der Waals surface area contributed by atoms with E-state index in [4.69, 9.17) is 23.2 Å². The molecule has 0 radical (unpaired) electrons. The van der Waals surface area contributed by atoms with Gasteiger partial charge in [0.1, 0.15) is 5.82 Å². The smallest absolute Gasteiger partial charge is 0.151 e. The van der Waals surface area contributed by atoms with E-state index in [1.807, 2.05) is 0 Å². The molecule has 4 nitrogen and oxygen atoms in total. The van der Waals surface area contributed by atoms with Crippen molar-refractivity contribution in [2.45, 2.75) is 0 Å². The third-order valence-electron chi connectivity index (χ3n) is 1.68. The SMILES string of the molecule is O=C([O-])/C(Cl)=C(Cl)/C=N\Nc1ccc(F)cc1F. The van der Waals surface area contributed by atoms with Gasteiger partial charge in [0.25, 0.3) is 0 Å². The van der Waals surface area contributed by atoms with Crippen molar-refractivity contribution in [2.24, 2.45) is 5.10 Å². The van der Waals surface area contributed by atoms with E-state index in [-0.39, 0.29) is 5.69 Å². The van der Waals surface area contributed by atoms with Crippen molar-refractivity contribution in [3.63, 3.8) is 0 Å². The first-order chi connectivity index (χ1) is 8.41. The lowest BCUT2D eigenvalue weighted by atomic mass is 10.3. The average Bonchev–Trinajstić information content (AvgIpc) is 2.30. The van der Waals surface area contributed by atoms with Crippen molar-refractivity contribution < 1.29 is 18.7 Å². The Balaban J connectivity index is 2.77. The van der Waals surface area contributed by atoms with Gasteiger partial charge in [-0.1, -0.05) is 23.2 Å². The molecule has 0 aliphatic carbocycles. The molecule has 0 saturated heterocycles. The highest BCUT2D eigenvalue weighted by Crippen LogP contribution is 2.15. The van der Waals surface area contributed by atoms with Gasteiger partial charge in [0.2, 0.25) is 0 Å². The number of halogens is 4. The number of benzene rings is 1. The molecule has 0 spiro atoms. The van der Waals surface area contributed by atoms with Gasteiger partial charge in [-0.15, -0.1) is 0 Å². The second kappa shape index (κ2) is 6.32. The van der Waals surface area contributed by atoms with Gasteiger partial charge in [-0.25, -0.2) is 8.78 Å². The molecule has 18 heavy (non-hydrogen) atoms. The van der Waals surface area contributed by atoms with Crippen molar-refractivity contribution in [2.75, 3.05) is 5.43 Å². The molecule has 0 aliphatic heterocycles. The van der Waals surface area contributed by atoms with E-state index >= 15 is 0 Å². The summed E-state index contributed by atoms with van der Waals surface area (Å²) >= 11 is 10.7. The maximum Gasteiger partial charge on any atom is 0.151 e. The molecule has 0 bridgehead atoms. The molecule has 0 fully saturated rings. The van der Waals surface area contributed by atoms with Gasteiger partial charge in [-0.2, -0.15) is 5.10 Å². The Bertz CT molecular complexity index is 533. The van der Waals surface area contributed by atoms with Crippen LogP contribution in [0.1, 0.15) is 0 Å². The normalized spacial score (nSPS) is 12.4. The van der Waals surface area contributed by atoms with Gasteiger partial charge < -0.3 is 9.90 Å². The molecule has 96 valence electrons. The molecule has 1 aromatic carbocycles. The minimum absolute atomic E-state index is 0.110. The van der Waals surface area contributed by atoms with Gasteiger partial charge in [-0.3, -0.25) is 5.43 Å². The summed E-state index contributed by atoms with van der Waals surface area (Å²) in [7, 11) is 0. The Kier molecular flexibility index (Phi) is 5.06. The highest BCUT2D eigenvalue weighted by molar-refractivity contribution is 6.51. The van der Waals surface area contributed by atoms with Crippen LogP contribution in [0.3, 0.4) is 0 Å². The van der Waals surface area contributed by atoms with Gasteiger partial charge in [0.05, 0.1) is 27.9 Å². The number of carboxylic acid groups (broad SMARTS) is 1. The van der Waals surface area contributed by atoms with E-state index in [1.54, 1.807) is 0 Å². The van der Waals surface area contributed by atoms with Gasteiger partial charge in [0, 0.05) is 6.07 Å². The highest BCUT2D eigenvalue weighted by Gasteiger charge is 2.03. The summed E-state index contributed by atoms with van der Waals surface area (Å²) in [6.45, 7) is 0. The highest BCUT2D eigenvalue weighted by atomic mass is 35.5. The van der Waals surface area contributed by atoms with Crippen LogP contribution in [-0.4, -0.2) is 12.2 Å². The first-order valence-corrected chi connectivity index (χ1v) is 5.18. The molecule has 1 N–H and O–H groups in total. The summed E-state index contributed by atoms with van der Waals surface area (Å²) in [5, 5.41) is 12.6. The zero-order valence-electron chi connectivity index (χ0n) is 8.58. The average molecular weight is 294 g/mol. The number of aliphatic carboxylic acids is 1. The maximum absolute atomic E-state index is 13.1. The summed E-state index contributed by atoms with van der Waals surface area (Å²) in [6, 6.07) is 2.79. The van der Waals surface area contributed by atoms with Crippen LogP contribution in [0.15, 0.2) is 33.4 Å². The van der Waals surface area contributed by atoms with E-state index in [1.165, 1.54) is 0 Å². The fourth-order valence-electron chi connectivity index (χ4n) is 0.893. The first kappa shape index (κ1) is 14.4. The minimum Gasteiger partial charge on any atom is -0.544 e. The zero-order valence-corrected chi connectivity index (χ0v) is 10.1. The Morgan fingerprint density at radius 2 is 2.06 bits per heavy atom. The molecule has 0 unspecified atom stereocenters. The number of nitrogens with one attached hydrogen (secondary N) is 1. The summed E-state index contributed by atoms with van der Waals surface area (Å²) in [6.07, 6.45) is 0.850. The lowest BCUT2D eigenvalue weighted by Crippen LogP contribution is -2.22.